The summed E-state index contributed by atoms with van der Waals surface area (Å²) >= 11 is 0. The highest BCUT2D eigenvalue weighted by atomic mass is 16.4. The van der Waals surface area contributed by atoms with Crippen molar-refractivity contribution in [2.75, 3.05) is 13.1 Å². The van der Waals surface area contributed by atoms with Gasteiger partial charge in [0.05, 0.1) is 0 Å². The molecule has 2 aliphatic rings. The van der Waals surface area contributed by atoms with Gasteiger partial charge in [0.1, 0.15) is 6.04 Å². The standard InChI is InChI=1S/C11H18N2O3/c1-8-4-2-6-12(8)11(16)13-7-3-5-9(13)10(14)15/h8-9H,2-7H2,1H3,(H,14,15)/t8?,9-/m0/s1. The van der Waals surface area contributed by atoms with Crippen LogP contribution in [0.3, 0.4) is 0 Å². The Balaban J connectivity index is 2.06. The summed E-state index contributed by atoms with van der Waals surface area (Å²) in [6.07, 6.45) is 3.43. The van der Waals surface area contributed by atoms with Gasteiger partial charge in [0.25, 0.3) is 0 Å². The molecule has 5 heteroatoms. The highest BCUT2D eigenvalue weighted by molar-refractivity contribution is 5.83. The first-order chi connectivity index (χ1) is 7.61. The minimum absolute atomic E-state index is 0.0881. The second-order valence-electron chi connectivity index (χ2n) is 4.66. The largest absolute Gasteiger partial charge is 0.480 e. The van der Waals surface area contributed by atoms with E-state index in [2.05, 4.69) is 0 Å². The van der Waals surface area contributed by atoms with Gasteiger partial charge >= 0.3 is 12.0 Å². The van der Waals surface area contributed by atoms with E-state index in [1.54, 1.807) is 4.90 Å². The van der Waals surface area contributed by atoms with Crippen molar-refractivity contribution in [2.45, 2.75) is 44.7 Å². The van der Waals surface area contributed by atoms with E-state index < -0.39 is 12.0 Å². The fourth-order valence-corrected chi connectivity index (χ4v) is 2.63. The van der Waals surface area contributed by atoms with Crippen molar-refractivity contribution < 1.29 is 14.7 Å². The molecule has 0 aromatic heterocycles. The summed E-state index contributed by atoms with van der Waals surface area (Å²) in [5.41, 5.74) is 0. The highest BCUT2D eigenvalue weighted by Gasteiger charge is 2.38. The van der Waals surface area contributed by atoms with E-state index in [9.17, 15) is 9.59 Å². The van der Waals surface area contributed by atoms with Crippen LogP contribution in [0.2, 0.25) is 0 Å². The van der Waals surface area contributed by atoms with Crippen LogP contribution in [0.1, 0.15) is 32.6 Å². The Morgan fingerprint density at radius 1 is 1.12 bits per heavy atom. The van der Waals surface area contributed by atoms with Gasteiger partial charge in [0, 0.05) is 19.1 Å². The topological polar surface area (TPSA) is 60.9 Å². The number of carboxylic acids is 1. The Bertz CT molecular complexity index is 306. The summed E-state index contributed by atoms with van der Waals surface area (Å²) in [5.74, 6) is -0.877. The average Bonchev–Trinajstić information content (AvgIpc) is 2.84. The van der Waals surface area contributed by atoms with Gasteiger partial charge in [-0.25, -0.2) is 9.59 Å². The van der Waals surface area contributed by atoms with Gasteiger partial charge in [-0.3, -0.25) is 0 Å². The summed E-state index contributed by atoms with van der Waals surface area (Å²) in [7, 11) is 0. The lowest BCUT2D eigenvalue weighted by atomic mass is 10.2. The molecular weight excluding hydrogens is 208 g/mol. The second-order valence-corrected chi connectivity index (χ2v) is 4.66. The molecule has 2 aliphatic heterocycles. The fraction of sp³-hybridized carbons (Fsp3) is 0.818. The van der Waals surface area contributed by atoms with Crippen molar-refractivity contribution in [1.29, 1.82) is 0 Å². The zero-order valence-electron chi connectivity index (χ0n) is 9.56. The van der Waals surface area contributed by atoms with Gasteiger partial charge in [-0.05, 0) is 32.6 Å². The summed E-state index contributed by atoms with van der Waals surface area (Å²) in [4.78, 5) is 26.5. The zero-order valence-corrected chi connectivity index (χ0v) is 9.56. The maximum Gasteiger partial charge on any atom is 0.326 e. The van der Waals surface area contributed by atoms with Crippen LogP contribution >= 0.6 is 0 Å². The number of nitrogens with zero attached hydrogens (tertiary/aromatic N) is 2. The number of rotatable bonds is 1. The molecule has 0 aliphatic carbocycles. The van der Waals surface area contributed by atoms with E-state index in [1.165, 1.54) is 4.90 Å². The molecule has 90 valence electrons. The minimum Gasteiger partial charge on any atom is -0.480 e. The quantitative estimate of drug-likeness (QED) is 0.729. The van der Waals surface area contributed by atoms with Crippen molar-refractivity contribution >= 4 is 12.0 Å². The predicted molar refractivity (Wildman–Crippen MR) is 58.2 cm³/mol. The van der Waals surface area contributed by atoms with Gasteiger partial charge in [-0.15, -0.1) is 0 Å². The number of aliphatic carboxylic acids is 1. The first-order valence-corrected chi connectivity index (χ1v) is 5.91. The summed E-state index contributed by atoms with van der Waals surface area (Å²) in [5, 5.41) is 9.03. The number of hydrogen-bond donors (Lipinski definition) is 1. The normalized spacial score (nSPS) is 29.8. The summed E-state index contributed by atoms with van der Waals surface area (Å²) in [6.45, 7) is 3.37. The molecule has 2 rings (SSSR count). The lowest BCUT2D eigenvalue weighted by Gasteiger charge is -2.30. The Morgan fingerprint density at radius 2 is 1.75 bits per heavy atom. The van der Waals surface area contributed by atoms with Crippen LogP contribution in [0, 0.1) is 0 Å². The van der Waals surface area contributed by atoms with E-state index in [1.807, 2.05) is 6.92 Å². The molecule has 0 radical (unpaired) electrons. The van der Waals surface area contributed by atoms with Crippen molar-refractivity contribution in [3.05, 3.63) is 0 Å². The molecule has 2 heterocycles. The van der Waals surface area contributed by atoms with Crippen molar-refractivity contribution in [2.24, 2.45) is 0 Å². The van der Waals surface area contributed by atoms with E-state index >= 15 is 0 Å². The van der Waals surface area contributed by atoms with Crippen LogP contribution in [0.5, 0.6) is 0 Å². The van der Waals surface area contributed by atoms with Crippen LogP contribution in [-0.4, -0.2) is 52.1 Å². The Morgan fingerprint density at radius 3 is 2.31 bits per heavy atom. The van der Waals surface area contributed by atoms with Crippen LogP contribution in [0.15, 0.2) is 0 Å². The Kier molecular flexibility index (Phi) is 3.03. The molecule has 16 heavy (non-hydrogen) atoms. The van der Waals surface area contributed by atoms with Crippen molar-refractivity contribution in [1.82, 2.24) is 9.80 Å². The molecule has 5 nitrogen and oxygen atoms in total. The highest BCUT2D eigenvalue weighted by Crippen LogP contribution is 2.24. The molecule has 2 saturated heterocycles. The molecule has 2 atom stereocenters. The predicted octanol–water partition coefficient (Wildman–Crippen LogP) is 1.14. The van der Waals surface area contributed by atoms with E-state index in [-0.39, 0.29) is 12.1 Å². The third-order valence-corrected chi connectivity index (χ3v) is 3.58. The second kappa shape index (κ2) is 4.31. The van der Waals surface area contributed by atoms with E-state index in [0.717, 1.165) is 25.8 Å². The van der Waals surface area contributed by atoms with Gasteiger partial charge < -0.3 is 14.9 Å². The molecule has 0 aromatic rings. The number of likely N-dealkylation sites (tertiary alicyclic amines) is 2. The fourth-order valence-electron chi connectivity index (χ4n) is 2.63. The van der Waals surface area contributed by atoms with Gasteiger partial charge in [-0.2, -0.15) is 0 Å². The third-order valence-electron chi connectivity index (χ3n) is 3.58. The van der Waals surface area contributed by atoms with Crippen molar-refractivity contribution in [3.8, 4) is 0 Å². The summed E-state index contributed by atoms with van der Waals surface area (Å²) in [6, 6.07) is -0.447. The molecule has 0 aromatic carbocycles. The lowest BCUT2D eigenvalue weighted by molar-refractivity contribution is -0.141. The number of amides is 2. The number of hydrogen-bond acceptors (Lipinski definition) is 2. The molecule has 0 saturated carbocycles. The van der Waals surface area contributed by atoms with Gasteiger partial charge in [0.2, 0.25) is 0 Å². The van der Waals surface area contributed by atoms with Crippen LogP contribution < -0.4 is 0 Å². The average molecular weight is 226 g/mol. The molecule has 2 amide bonds. The first kappa shape index (κ1) is 11.2. The van der Waals surface area contributed by atoms with Gasteiger partial charge in [-0.1, -0.05) is 0 Å². The smallest absolute Gasteiger partial charge is 0.326 e. The number of carboxylic acid groups (broad SMARTS) is 1. The van der Waals surface area contributed by atoms with E-state index in [0.29, 0.717) is 13.0 Å². The third kappa shape index (κ3) is 1.86. The molecule has 0 spiro atoms. The number of carbonyl (C=O) groups excluding carboxylic acids is 1. The summed E-state index contributed by atoms with van der Waals surface area (Å²) < 4.78 is 0. The molecule has 1 N–H and O–H groups in total. The Labute approximate surface area is 95.0 Å². The maximum atomic E-state index is 12.2. The van der Waals surface area contributed by atoms with Crippen LogP contribution in [0.25, 0.3) is 0 Å². The molecule has 0 bridgehead atoms. The minimum atomic E-state index is -0.877. The first-order valence-electron chi connectivity index (χ1n) is 5.91. The van der Waals surface area contributed by atoms with E-state index in [4.69, 9.17) is 5.11 Å². The number of carbonyl (C=O) groups is 2. The Hall–Kier alpha value is -1.26. The zero-order chi connectivity index (χ0) is 11.7. The maximum absolute atomic E-state index is 12.2. The van der Waals surface area contributed by atoms with Crippen LogP contribution in [0.4, 0.5) is 4.79 Å². The SMILES string of the molecule is CC1CCCN1C(=O)N1CCC[C@H]1C(=O)O. The van der Waals surface area contributed by atoms with Gasteiger partial charge in [0.15, 0.2) is 0 Å². The monoisotopic (exact) mass is 226 g/mol. The van der Waals surface area contributed by atoms with Crippen LogP contribution in [-0.2, 0) is 4.79 Å². The number of urea groups is 1. The molecule has 1 unspecified atom stereocenters. The molecular formula is C11H18N2O3. The lowest BCUT2D eigenvalue weighted by Crippen LogP contribution is -2.48. The van der Waals surface area contributed by atoms with Crippen molar-refractivity contribution in [3.63, 3.8) is 0 Å². The molecule has 2 fully saturated rings.